The van der Waals surface area contributed by atoms with Crippen LogP contribution in [0.1, 0.15) is 37.3 Å². The van der Waals surface area contributed by atoms with Crippen molar-refractivity contribution in [1.82, 2.24) is 0 Å². The number of benzene rings is 2. The molecule has 0 fully saturated rings. The minimum atomic E-state index is -3.99. The van der Waals surface area contributed by atoms with E-state index in [-0.39, 0.29) is 10.6 Å². The maximum Gasteiger partial charge on any atom is 0.297 e. The van der Waals surface area contributed by atoms with E-state index in [4.69, 9.17) is 13.7 Å². The molecule has 30 heavy (non-hydrogen) atoms. The first-order chi connectivity index (χ1) is 14.3. The van der Waals surface area contributed by atoms with E-state index in [9.17, 15) is 17.9 Å². The summed E-state index contributed by atoms with van der Waals surface area (Å²) in [5.74, 6) is 0.0686. The molecule has 1 N–H and O–H groups in total. The van der Waals surface area contributed by atoms with Gasteiger partial charge in [0.1, 0.15) is 18.0 Å². The average molecular weight is 439 g/mol. The molecular formula is C22H27FO6S. The van der Waals surface area contributed by atoms with Gasteiger partial charge in [-0.05, 0) is 50.5 Å². The lowest BCUT2D eigenvalue weighted by molar-refractivity contribution is -0.00257. The minimum absolute atomic E-state index is 0.0212. The summed E-state index contributed by atoms with van der Waals surface area (Å²) in [5.41, 5.74) is 1.33. The van der Waals surface area contributed by atoms with E-state index in [1.54, 1.807) is 18.2 Å². The van der Waals surface area contributed by atoms with E-state index >= 15 is 0 Å². The van der Waals surface area contributed by atoms with Gasteiger partial charge in [-0.15, -0.1) is 0 Å². The fourth-order valence-corrected chi connectivity index (χ4v) is 4.11. The van der Waals surface area contributed by atoms with Crippen LogP contribution in [-0.2, 0) is 20.7 Å². The largest absolute Gasteiger partial charge is 0.491 e. The monoisotopic (exact) mass is 438 g/mol. The number of aliphatic hydroxyl groups is 1. The van der Waals surface area contributed by atoms with Gasteiger partial charge in [0.05, 0.1) is 18.1 Å². The molecule has 0 aromatic heterocycles. The Labute approximate surface area is 176 Å². The number of unbranched alkanes of at least 4 members (excludes halogenated alkanes) is 1. The lowest BCUT2D eigenvalue weighted by Crippen LogP contribution is -2.38. The van der Waals surface area contributed by atoms with Gasteiger partial charge in [-0.2, -0.15) is 8.42 Å². The van der Waals surface area contributed by atoms with Crippen LogP contribution in [0.4, 0.5) is 4.39 Å². The van der Waals surface area contributed by atoms with Crippen LogP contribution >= 0.6 is 0 Å². The molecule has 1 heterocycles. The number of hydrogen-bond donors (Lipinski definition) is 1. The van der Waals surface area contributed by atoms with Crippen LogP contribution in [0.25, 0.3) is 0 Å². The zero-order chi connectivity index (χ0) is 21.7. The molecular weight excluding hydrogens is 411 g/mol. The van der Waals surface area contributed by atoms with Gasteiger partial charge in [0, 0.05) is 5.56 Å². The normalized spacial score (nSPS) is 17.1. The molecule has 0 radical (unpaired) electrons. The van der Waals surface area contributed by atoms with E-state index < -0.39 is 34.8 Å². The van der Waals surface area contributed by atoms with E-state index in [0.29, 0.717) is 30.8 Å². The zero-order valence-corrected chi connectivity index (χ0v) is 18.0. The minimum Gasteiger partial charge on any atom is -0.491 e. The number of aliphatic hydroxyl groups excluding tert-OH is 1. The summed E-state index contributed by atoms with van der Waals surface area (Å²) in [4.78, 5) is 0.0212. The molecule has 0 aliphatic carbocycles. The SMILES string of the molecule is CCCCOc1ccc2c(c1F)CC[C@H]([C@@H](O)COS(=O)(=O)c1ccc(C)cc1)O2. The fraction of sp³-hybridized carbons (Fsp3) is 0.455. The molecule has 8 heteroatoms. The van der Waals surface area contributed by atoms with E-state index in [1.165, 1.54) is 18.2 Å². The molecule has 0 unspecified atom stereocenters. The third kappa shape index (κ3) is 5.30. The predicted octanol–water partition coefficient (Wildman–Crippen LogP) is 3.77. The molecule has 164 valence electrons. The van der Waals surface area contributed by atoms with Crippen molar-refractivity contribution in [3.63, 3.8) is 0 Å². The van der Waals surface area contributed by atoms with Crippen molar-refractivity contribution in [2.24, 2.45) is 0 Å². The Morgan fingerprint density at radius 1 is 1.23 bits per heavy atom. The fourth-order valence-electron chi connectivity index (χ4n) is 3.18. The van der Waals surface area contributed by atoms with Crippen LogP contribution in [0, 0.1) is 12.7 Å². The summed E-state index contributed by atoms with van der Waals surface area (Å²) >= 11 is 0. The molecule has 6 nitrogen and oxygen atoms in total. The van der Waals surface area contributed by atoms with Crippen molar-refractivity contribution in [3.05, 3.63) is 53.3 Å². The van der Waals surface area contributed by atoms with Crippen LogP contribution in [0.15, 0.2) is 41.3 Å². The van der Waals surface area contributed by atoms with Crippen molar-refractivity contribution in [2.45, 2.75) is 56.6 Å². The van der Waals surface area contributed by atoms with Crippen LogP contribution in [0.3, 0.4) is 0 Å². The molecule has 2 aromatic carbocycles. The molecule has 0 saturated heterocycles. The van der Waals surface area contributed by atoms with Crippen molar-refractivity contribution >= 4 is 10.1 Å². The molecule has 0 spiro atoms. The topological polar surface area (TPSA) is 82.1 Å². The lowest BCUT2D eigenvalue weighted by Gasteiger charge is -2.30. The molecule has 2 atom stereocenters. The Morgan fingerprint density at radius 3 is 2.67 bits per heavy atom. The predicted molar refractivity (Wildman–Crippen MR) is 110 cm³/mol. The summed E-state index contributed by atoms with van der Waals surface area (Å²) in [6, 6.07) is 9.37. The second kappa shape index (κ2) is 9.76. The van der Waals surface area contributed by atoms with Crippen molar-refractivity contribution in [3.8, 4) is 11.5 Å². The quantitative estimate of drug-likeness (QED) is 0.474. The lowest BCUT2D eigenvalue weighted by atomic mass is 9.98. The van der Waals surface area contributed by atoms with Crippen molar-refractivity contribution in [2.75, 3.05) is 13.2 Å². The van der Waals surface area contributed by atoms with E-state index in [1.807, 2.05) is 13.8 Å². The van der Waals surface area contributed by atoms with Gasteiger partial charge in [-0.1, -0.05) is 31.0 Å². The highest BCUT2D eigenvalue weighted by atomic mass is 32.2. The summed E-state index contributed by atoms with van der Waals surface area (Å²) in [6.45, 7) is 3.88. The molecule has 3 rings (SSSR count). The number of fused-ring (bicyclic) bond motifs is 1. The second-order valence-electron chi connectivity index (χ2n) is 7.37. The zero-order valence-electron chi connectivity index (χ0n) is 17.1. The Bertz CT molecular complexity index is 958. The third-order valence-corrected chi connectivity index (χ3v) is 6.31. The standard InChI is InChI=1S/C22H27FO6S/c1-3-4-13-27-21-12-11-19-17(22(21)23)9-10-20(29-19)18(24)14-28-30(25,26)16-7-5-15(2)6-8-16/h5-8,11-12,18,20,24H,3-4,9-10,13-14H2,1-2H3/t18-,20+/m0/s1. The first kappa shape index (κ1) is 22.5. The van der Waals surface area contributed by atoms with Gasteiger partial charge in [-0.3, -0.25) is 4.18 Å². The first-order valence-corrected chi connectivity index (χ1v) is 11.5. The van der Waals surface area contributed by atoms with Gasteiger partial charge >= 0.3 is 0 Å². The Balaban J connectivity index is 1.61. The number of rotatable bonds is 9. The summed E-state index contributed by atoms with van der Waals surface area (Å²) in [6.07, 6.45) is 0.596. The molecule has 1 aliphatic heterocycles. The van der Waals surface area contributed by atoms with E-state index in [0.717, 1.165) is 18.4 Å². The van der Waals surface area contributed by atoms with Crippen LogP contribution in [-0.4, -0.2) is 38.9 Å². The van der Waals surface area contributed by atoms with Gasteiger partial charge in [0.15, 0.2) is 11.6 Å². The maximum absolute atomic E-state index is 14.7. The molecule has 2 aromatic rings. The summed E-state index contributed by atoms with van der Waals surface area (Å²) in [7, 11) is -3.99. The molecule has 0 amide bonds. The van der Waals surface area contributed by atoms with Gasteiger partial charge in [-0.25, -0.2) is 4.39 Å². The Kier molecular flexibility index (Phi) is 7.33. The average Bonchev–Trinajstić information content (AvgIpc) is 2.74. The van der Waals surface area contributed by atoms with E-state index in [2.05, 4.69) is 0 Å². The smallest absolute Gasteiger partial charge is 0.297 e. The van der Waals surface area contributed by atoms with Crippen molar-refractivity contribution < 1.29 is 31.6 Å². The van der Waals surface area contributed by atoms with Crippen LogP contribution in [0.2, 0.25) is 0 Å². The van der Waals surface area contributed by atoms with Gasteiger partial charge in [0.2, 0.25) is 0 Å². The second-order valence-corrected chi connectivity index (χ2v) is 8.99. The van der Waals surface area contributed by atoms with Gasteiger partial charge in [0.25, 0.3) is 10.1 Å². The summed E-state index contributed by atoms with van der Waals surface area (Å²) < 4.78 is 55.4. The van der Waals surface area contributed by atoms with Crippen molar-refractivity contribution in [1.29, 1.82) is 0 Å². The Hall–Kier alpha value is -2.16. The molecule has 1 aliphatic rings. The summed E-state index contributed by atoms with van der Waals surface area (Å²) in [5, 5.41) is 10.4. The number of halogens is 1. The molecule has 0 bridgehead atoms. The number of hydrogen-bond acceptors (Lipinski definition) is 6. The van der Waals surface area contributed by atoms with Crippen LogP contribution in [0.5, 0.6) is 11.5 Å². The highest BCUT2D eigenvalue weighted by Crippen LogP contribution is 2.35. The maximum atomic E-state index is 14.7. The highest BCUT2D eigenvalue weighted by molar-refractivity contribution is 7.86. The first-order valence-electron chi connectivity index (χ1n) is 10.1. The highest BCUT2D eigenvalue weighted by Gasteiger charge is 2.30. The van der Waals surface area contributed by atoms with Crippen LogP contribution < -0.4 is 9.47 Å². The Morgan fingerprint density at radius 2 is 1.97 bits per heavy atom. The third-order valence-electron chi connectivity index (χ3n) is 5.01. The van der Waals surface area contributed by atoms with Gasteiger partial charge < -0.3 is 14.6 Å². The molecule has 0 saturated carbocycles. The number of aryl methyl sites for hydroxylation is 1. The number of ether oxygens (including phenoxy) is 2.